The molecule has 0 spiro atoms. The zero-order chi connectivity index (χ0) is 9.84. The molecule has 0 aromatic carbocycles. The van der Waals surface area contributed by atoms with Crippen molar-refractivity contribution in [3.63, 3.8) is 0 Å². The smallest absolute Gasteiger partial charge is 0.0693 e. The molecule has 0 saturated heterocycles. The second-order valence-electron chi connectivity index (χ2n) is 4.53. The Bertz CT molecular complexity index is 147. The van der Waals surface area contributed by atoms with E-state index in [0.717, 1.165) is 19.3 Å². The van der Waals surface area contributed by atoms with Gasteiger partial charge in [-0.3, -0.25) is 0 Å². The minimum atomic E-state index is -0.104. The summed E-state index contributed by atoms with van der Waals surface area (Å²) in [6.07, 6.45) is 4.35. The molecule has 2 nitrogen and oxygen atoms in total. The largest absolute Gasteiger partial charge is 0.392 e. The predicted molar refractivity (Wildman–Crippen MR) is 55.7 cm³/mol. The standard InChI is InChI=1S/C11H23NO/c1-4-9(8(2)3)12-10-6-5-7-11(10)13/h8-13H,4-7H2,1-3H3/t9?,10-,11-/m1/s1. The van der Waals surface area contributed by atoms with E-state index in [-0.39, 0.29) is 6.10 Å². The Morgan fingerprint density at radius 3 is 2.46 bits per heavy atom. The third kappa shape index (κ3) is 2.96. The van der Waals surface area contributed by atoms with Crippen molar-refractivity contribution in [3.8, 4) is 0 Å². The summed E-state index contributed by atoms with van der Waals surface area (Å²) in [4.78, 5) is 0. The Balaban J connectivity index is 2.36. The maximum atomic E-state index is 9.65. The summed E-state index contributed by atoms with van der Waals surface area (Å²) in [5.41, 5.74) is 0. The summed E-state index contributed by atoms with van der Waals surface area (Å²) >= 11 is 0. The Morgan fingerprint density at radius 1 is 1.38 bits per heavy atom. The lowest BCUT2D eigenvalue weighted by molar-refractivity contribution is 0.137. The van der Waals surface area contributed by atoms with E-state index in [1.165, 1.54) is 6.42 Å². The van der Waals surface area contributed by atoms with Crippen molar-refractivity contribution in [2.45, 2.75) is 64.6 Å². The third-order valence-electron chi connectivity index (χ3n) is 3.15. The Labute approximate surface area is 81.7 Å². The van der Waals surface area contributed by atoms with E-state index in [4.69, 9.17) is 0 Å². The van der Waals surface area contributed by atoms with Crippen LogP contribution in [0.5, 0.6) is 0 Å². The molecule has 0 amide bonds. The van der Waals surface area contributed by atoms with E-state index in [0.29, 0.717) is 18.0 Å². The molecule has 0 aliphatic heterocycles. The molecule has 3 atom stereocenters. The van der Waals surface area contributed by atoms with Crippen LogP contribution >= 0.6 is 0 Å². The van der Waals surface area contributed by atoms with Gasteiger partial charge >= 0.3 is 0 Å². The monoisotopic (exact) mass is 185 g/mol. The van der Waals surface area contributed by atoms with Gasteiger partial charge in [-0.15, -0.1) is 0 Å². The van der Waals surface area contributed by atoms with Gasteiger partial charge in [0, 0.05) is 12.1 Å². The number of aliphatic hydroxyl groups is 1. The maximum Gasteiger partial charge on any atom is 0.0693 e. The van der Waals surface area contributed by atoms with Crippen LogP contribution in [0, 0.1) is 5.92 Å². The zero-order valence-corrected chi connectivity index (χ0v) is 9.09. The molecule has 1 aliphatic rings. The normalized spacial score (nSPS) is 31.2. The predicted octanol–water partition coefficient (Wildman–Crippen LogP) is 1.92. The van der Waals surface area contributed by atoms with Gasteiger partial charge in [-0.25, -0.2) is 0 Å². The molecular weight excluding hydrogens is 162 g/mol. The van der Waals surface area contributed by atoms with Crippen LogP contribution < -0.4 is 5.32 Å². The molecule has 1 unspecified atom stereocenters. The Hall–Kier alpha value is -0.0800. The first-order chi connectivity index (χ1) is 6.15. The molecule has 0 radical (unpaired) electrons. The number of aliphatic hydroxyl groups excluding tert-OH is 1. The number of hydrogen-bond acceptors (Lipinski definition) is 2. The van der Waals surface area contributed by atoms with Gasteiger partial charge in [-0.2, -0.15) is 0 Å². The van der Waals surface area contributed by atoms with Crippen molar-refractivity contribution in [2.24, 2.45) is 5.92 Å². The topological polar surface area (TPSA) is 32.3 Å². The maximum absolute atomic E-state index is 9.65. The SMILES string of the molecule is CCC(N[C@@H]1CCC[C@H]1O)C(C)C. The highest BCUT2D eigenvalue weighted by atomic mass is 16.3. The van der Waals surface area contributed by atoms with Gasteiger partial charge in [0.25, 0.3) is 0 Å². The van der Waals surface area contributed by atoms with Crippen LogP contribution in [0.3, 0.4) is 0 Å². The third-order valence-corrected chi connectivity index (χ3v) is 3.15. The Kier molecular flexibility index (Phi) is 4.20. The first-order valence-corrected chi connectivity index (χ1v) is 5.59. The lowest BCUT2D eigenvalue weighted by Crippen LogP contribution is -2.44. The highest BCUT2D eigenvalue weighted by molar-refractivity contribution is 4.85. The van der Waals surface area contributed by atoms with E-state index in [2.05, 4.69) is 26.1 Å². The molecule has 1 aliphatic carbocycles. The quantitative estimate of drug-likeness (QED) is 0.701. The van der Waals surface area contributed by atoms with Gasteiger partial charge in [0.05, 0.1) is 6.10 Å². The van der Waals surface area contributed by atoms with E-state index in [9.17, 15) is 5.11 Å². The molecule has 78 valence electrons. The van der Waals surface area contributed by atoms with Gasteiger partial charge < -0.3 is 10.4 Å². The van der Waals surface area contributed by atoms with Crippen LogP contribution in [0.15, 0.2) is 0 Å². The van der Waals surface area contributed by atoms with Crippen molar-refractivity contribution in [2.75, 3.05) is 0 Å². The van der Waals surface area contributed by atoms with Gasteiger partial charge in [0.2, 0.25) is 0 Å². The van der Waals surface area contributed by atoms with Crippen molar-refractivity contribution in [1.29, 1.82) is 0 Å². The van der Waals surface area contributed by atoms with Crippen LogP contribution in [-0.2, 0) is 0 Å². The highest BCUT2D eigenvalue weighted by Gasteiger charge is 2.27. The summed E-state index contributed by atoms with van der Waals surface area (Å²) in [7, 11) is 0. The highest BCUT2D eigenvalue weighted by Crippen LogP contribution is 2.20. The van der Waals surface area contributed by atoms with Crippen molar-refractivity contribution in [3.05, 3.63) is 0 Å². The van der Waals surface area contributed by atoms with Crippen molar-refractivity contribution >= 4 is 0 Å². The van der Waals surface area contributed by atoms with Crippen LogP contribution in [0.2, 0.25) is 0 Å². The second kappa shape index (κ2) is 4.97. The van der Waals surface area contributed by atoms with E-state index < -0.39 is 0 Å². The fraction of sp³-hybridized carbons (Fsp3) is 1.00. The molecular formula is C11H23NO. The first-order valence-electron chi connectivity index (χ1n) is 5.59. The lowest BCUT2D eigenvalue weighted by atomic mass is 10.00. The molecule has 2 N–H and O–H groups in total. The van der Waals surface area contributed by atoms with Crippen LogP contribution in [-0.4, -0.2) is 23.3 Å². The number of nitrogens with one attached hydrogen (secondary N) is 1. The summed E-state index contributed by atoms with van der Waals surface area (Å²) in [6, 6.07) is 0.921. The van der Waals surface area contributed by atoms with Gasteiger partial charge in [-0.1, -0.05) is 20.8 Å². The van der Waals surface area contributed by atoms with Gasteiger partial charge in [0.1, 0.15) is 0 Å². The summed E-state index contributed by atoms with van der Waals surface area (Å²) in [5.74, 6) is 0.665. The molecule has 13 heavy (non-hydrogen) atoms. The van der Waals surface area contributed by atoms with Gasteiger partial charge in [-0.05, 0) is 31.6 Å². The second-order valence-corrected chi connectivity index (χ2v) is 4.53. The summed E-state index contributed by atoms with van der Waals surface area (Å²) in [6.45, 7) is 6.68. The first kappa shape index (κ1) is 11.0. The molecule has 0 aromatic heterocycles. The minimum absolute atomic E-state index is 0.104. The lowest BCUT2D eigenvalue weighted by Gasteiger charge is -2.26. The molecule has 2 heteroatoms. The Morgan fingerprint density at radius 2 is 2.08 bits per heavy atom. The minimum Gasteiger partial charge on any atom is -0.392 e. The molecule has 1 rings (SSSR count). The molecule has 1 fully saturated rings. The van der Waals surface area contributed by atoms with E-state index in [1.807, 2.05) is 0 Å². The van der Waals surface area contributed by atoms with Crippen molar-refractivity contribution < 1.29 is 5.11 Å². The summed E-state index contributed by atoms with van der Waals surface area (Å²) < 4.78 is 0. The van der Waals surface area contributed by atoms with Crippen molar-refractivity contribution in [1.82, 2.24) is 5.32 Å². The summed E-state index contributed by atoms with van der Waals surface area (Å²) in [5, 5.41) is 13.2. The molecule has 0 aromatic rings. The molecule has 1 saturated carbocycles. The average Bonchev–Trinajstić information content (AvgIpc) is 2.46. The van der Waals surface area contributed by atoms with Crippen LogP contribution in [0.1, 0.15) is 46.5 Å². The fourth-order valence-electron chi connectivity index (χ4n) is 2.19. The average molecular weight is 185 g/mol. The van der Waals surface area contributed by atoms with E-state index >= 15 is 0 Å². The number of hydrogen-bond donors (Lipinski definition) is 2. The van der Waals surface area contributed by atoms with E-state index in [1.54, 1.807) is 0 Å². The fourth-order valence-corrected chi connectivity index (χ4v) is 2.19. The van der Waals surface area contributed by atoms with Crippen LogP contribution in [0.25, 0.3) is 0 Å². The van der Waals surface area contributed by atoms with Gasteiger partial charge in [0.15, 0.2) is 0 Å². The molecule has 0 bridgehead atoms. The zero-order valence-electron chi connectivity index (χ0n) is 9.09. The van der Waals surface area contributed by atoms with Crippen LogP contribution in [0.4, 0.5) is 0 Å². The molecule has 0 heterocycles. The number of rotatable bonds is 4.